The van der Waals surface area contributed by atoms with Gasteiger partial charge in [-0.05, 0) is 24.6 Å². The van der Waals surface area contributed by atoms with Crippen LogP contribution in [-0.4, -0.2) is 23.0 Å². The Labute approximate surface area is 114 Å². The van der Waals surface area contributed by atoms with E-state index in [0.717, 1.165) is 10.0 Å². The summed E-state index contributed by atoms with van der Waals surface area (Å²) in [6.07, 6.45) is 0. The third kappa shape index (κ3) is 2.98. The number of carbonyl (C=O) groups is 1. The summed E-state index contributed by atoms with van der Waals surface area (Å²) in [5.74, 6) is 0.102. The summed E-state index contributed by atoms with van der Waals surface area (Å²) >= 11 is 3.38. The lowest BCUT2D eigenvalue weighted by Gasteiger charge is -2.15. The smallest absolute Gasteiger partial charge is 0.292 e. The summed E-state index contributed by atoms with van der Waals surface area (Å²) in [5, 5.41) is 3.71. The Hall–Kier alpha value is -1.62. The second-order valence-corrected chi connectivity index (χ2v) is 5.04. The minimum absolute atomic E-state index is 0.168. The number of hydrogen-bond acceptors (Lipinski definition) is 3. The van der Waals surface area contributed by atoms with Crippen LogP contribution in [0.1, 0.15) is 21.8 Å². The maximum absolute atomic E-state index is 12.0. The number of hydrogen-bond donors (Lipinski definition) is 0. The van der Waals surface area contributed by atoms with Gasteiger partial charge >= 0.3 is 0 Å². The van der Waals surface area contributed by atoms with E-state index in [-0.39, 0.29) is 11.7 Å². The van der Waals surface area contributed by atoms with E-state index in [9.17, 15) is 4.79 Å². The van der Waals surface area contributed by atoms with Crippen molar-refractivity contribution in [3.05, 3.63) is 51.8 Å². The van der Waals surface area contributed by atoms with Crippen molar-refractivity contribution in [2.75, 3.05) is 7.05 Å². The summed E-state index contributed by atoms with van der Waals surface area (Å²) in [7, 11) is 1.74. The average Bonchev–Trinajstić information content (AvgIpc) is 2.78. The molecular formula is C13H13BrN2O2. The van der Waals surface area contributed by atoms with Gasteiger partial charge in [0.05, 0.1) is 5.69 Å². The molecule has 0 atom stereocenters. The van der Waals surface area contributed by atoms with Gasteiger partial charge in [-0.2, -0.15) is 0 Å². The number of benzene rings is 1. The monoisotopic (exact) mass is 308 g/mol. The molecule has 2 rings (SSSR count). The fourth-order valence-electron chi connectivity index (χ4n) is 1.59. The van der Waals surface area contributed by atoms with Crippen LogP contribution in [0.4, 0.5) is 0 Å². The third-order valence-electron chi connectivity index (χ3n) is 2.52. The number of nitrogens with zero attached hydrogens (tertiary/aromatic N) is 2. The van der Waals surface area contributed by atoms with Crippen LogP contribution < -0.4 is 0 Å². The maximum atomic E-state index is 12.0. The van der Waals surface area contributed by atoms with Crippen molar-refractivity contribution in [3.8, 4) is 0 Å². The second-order valence-electron chi connectivity index (χ2n) is 4.12. The number of amides is 1. The van der Waals surface area contributed by atoms with E-state index >= 15 is 0 Å². The molecule has 1 aromatic heterocycles. The minimum atomic E-state index is -0.168. The SMILES string of the molecule is Cc1cc(C(=O)N(C)Cc2ccc(Br)cc2)on1. The molecule has 2 aromatic rings. The molecule has 1 heterocycles. The number of halogens is 1. The van der Waals surface area contributed by atoms with Crippen LogP contribution in [0.25, 0.3) is 0 Å². The molecule has 0 unspecified atom stereocenters. The molecule has 0 bridgehead atoms. The highest BCUT2D eigenvalue weighted by Gasteiger charge is 2.16. The zero-order valence-corrected chi connectivity index (χ0v) is 11.8. The second kappa shape index (κ2) is 5.35. The van der Waals surface area contributed by atoms with Gasteiger partial charge < -0.3 is 9.42 Å². The van der Waals surface area contributed by atoms with E-state index in [1.807, 2.05) is 24.3 Å². The summed E-state index contributed by atoms with van der Waals surface area (Å²) in [4.78, 5) is 13.6. The van der Waals surface area contributed by atoms with Gasteiger partial charge in [0.15, 0.2) is 0 Å². The van der Waals surface area contributed by atoms with E-state index in [1.54, 1.807) is 24.9 Å². The number of aromatic nitrogens is 1. The fourth-order valence-corrected chi connectivity index (χ4v) is 1.85. The Morgan fingerprint density at radius 1 is 1.39 bits per heavy atom. The fraction of sp³-hybridized carbons (Fsp3) is 0.231. The van der Waals surface area contributed by atoms with Gasteiger partial charge in [0, 0.05) is 24.1 Å². The van der Waals surface area contributed by atoms with Crippen LogP contribution in [0.2, 0.25) is 0 Å². The van der Waals surface area contributed by atoms with Crippen molar-refractivity contribution in [1.82, 2.24) is 10.1 Å². The van der Waals surface area contributed by atoms with Gasteiger partial charge in [-0.3, -0.25) is 4.79 Å². The van der Waals surface area contributed by atoms with Crippen molar-refractivity contribution in [2.45, 2.75) is 13.5 Å². The Bertz CT molecular complexity index is 548. The first-order valence-corrected chi connectivity index (χ1v) is 6.29. The van der Waals surface area contributed by atoms with Gasteiger partial charge in [-0.1, -0.05) is 33.2 Å². The molecule has 0 spiro atoms. The van der Waals surface area contributed by atoms with Crippen molar-refractivity contribution in [1.29, 1.82) is 0 Å². The van der Waals surface area contributed by atoms with Crippen LogP contribution in [-0.2, 0) is 6.54 Å². The van der Waals surface area contributed by atoms with E-state index < -0.39 is 0 Å². The number of aryl methyl sites for hydroxylation is 1. The first-order chi connectivity index (χ1) is 8.56. The summed E-state index contributed by atoms with van der Waals surface area (Å²) < 4.78 is 5.97. The van der Waals surface area contributed by atoms with Crippen LogP contribution in [0.15, 0.2) is 39.3 Å². The van der Waals surface area contributed by atoms with Gasteiger partial charge in [-0.25, -0.2) is 0 Å². The zero-order valence-electron chi connectivity index (χ0n) is 10.2. The molecular weight excluding hydrogens is 296 g/mol. The third-order valence-corrected chi connectivity index (χ3v) is 3.05. The first-order valence-electron chi connectivity index (χ1n) is 5.49. The molecule has 5 heteroatoms. The highest BCUT2D eigenvalue weighted by atomic mass is 79.9. The molecule has 18 heavy (non-hydrogen) atoms. The van der Waals surface area contributed by atoms with E-state index in [2.05, 4.69) is 21.1 Å². The number of rotatable bonds is 3. The summed E-state index contributed by atoms with van der Waals surface area (Å²) in [5.41, 5.74) is 1.76. The molecule has 4 nitrogen and oxygen atoms in total. The Morgan fingerprint density at radius 3 is 2.61 bits per heavy atom. The van der Waals surface area contributed by atoms with Crippen LogP contribution in [0, 0.1) is 6.92 Å². The Morgan fingerprint density at radius 2 is 2.06 bits per heavy atom. The van der Waals surface area contributed by atoms with Crippen molar-refractivity contribution in [3.63, 3.8) is 0 Å². The molecule has 0 aliphatic rings. The quantitative estimate of drug-likeness (QED) is 0.875. The lowest BCUT2D eigenvalue weighted by atomic mass is 10.2. The van der Waals surface area contributed by atoms with Gasteiger partial charge in [0.2, 0.25) is 5.76 Å². The van der Waals surface area contributed by atoms with Crippen LogP contribution >= 0.6 is 15.9 Å². The van der Waals surface area contributed by atoms with Crippen LogP contribution in [0.5, 0.6) is 0 Å². The lowest BCUT2D eigenvalue weighted by molar-refractivity contribution is 0.0743. The lowest BCUT2D eigenvalue weighted by Crippen LogP contribution is -2.25. The molecule has 94 valence electrons. The molecule has 1 aromatic carbocycles. The van der Waals surface area contributed by atoms with E-state index in [1.165, 1.54) is 0 Å². The average molecular weight is 309 g/mol. The summed E-state index contributed by atoms with van der Waals surface area (Å²) in [6, 6.07) is 9.48. The molecule has 0 saturated carbocycles. The molecule has 0 radical (unpaired) electrons. The van der Waals surface area contributed by atoms with E-state index in [0.29, 0.717) is 12.2 Å². The highest BCUT2D eigenvalue weighted by Crippen LogP contribution is 2.13. The molecule has 0 aliphatic carbocycles. The van der Waals surface area contributed by atoms with Crippen molar-refractivity contribution >= 4 is 21.8 Å². The first kappa shape index (κ1) is 12.8. The Balaban J connectivity index is 2.05. The number of carbonyl (C=O) groups excluding carboxylic acids is 1. The van der Waals surface area contributed by atoms with Crippen molar-refractivity contribution < 1.29 is 9.32 Å². The standard InChI is InChI=1S/C13H13BrN2O2/c1-9-7-12(18-15-9)13(17)16(2)8-10-3-5-11(14)6-4-10/h3-7H,8H2,1-2H3. The predicted octanol–water partition coefficient (Wildman–Crippen LogP) is 3.02. The van der Waals surface area contributed by atoms with Gasteiger partial charge in [0.25, 0.3) is 5.91 Å². The van der Waals surface area contributed by atoms with Gasteiger partial charge in [-0.15, -0.1) is 0 Å². The molecule has 0 aliphatic heterocycles. The molecule has 0 fully saturated rings. The normalized spacial score (nSPS) is 10.4. The minimum Gasteiger partial charge on any atom is -0.351 e. The van der Waals surface area contributed by atoms with E-state index in [4.69, 9.17) is 4.52 Å². The molecule has 0 saturated heterocycles. The van der Waals surface area contributed by atoms with Crippen LogP contribution in [0.3, 0.4) is 0 Å². The molecule has 0 N–H and O–H groups in total. The van der Waals surface area contributed by atoms with Crippen molar-refractivity contribution in [2.24, 2.45) is 0 Å². The highest BCUT2D eigenvalue weighted by molar-refractivity contribution is 9.10. The summed E-state index contributed by atoms with van der Waals surface area (Å²) in [6.45, 7) is 2.32. The largest absolute Gasteiger partial charge is 0.351 e. The molecule has 1 amide bonds. The Kier molecular flexibility index (Phi) is 3.81. The maximum Gasteiger partial charge on any atom is 0.292 e. The zero-order chi connectivity index (χ0) is 13.1. The predicted molar refractivity (Wildman–Crippen MR) is 71.2 cm³/mol. The topological polar surface area (TPSA) is 46.3 Å². The van der Waals surface area contributed by atoms with Gasteiger partial charge in [0.1, 0.15) is 0 Å².